The highest BCUT2D eigenvalue weighted by Gasteiger charge is 2.06. The highest BCUT2D eigenvalue weighted by atomic mass is 35.5. The molecular formula is C23H24ClNO2. The van der Waals surface area contributed by atoms with Crippen LogP contribution < -0.4 is 14.8 Å². The van der Waals surface area contributed by atoms with Gasteiger partial charge in [-0.05, 0) is 61.9 Å². The summed E-state index contributed by atoms with van der Waals surface area (Å²) in [6.45, 7) is 5.87. The molecule has 0 radical (unpaired) electrons. The topological polar surface area (TPSA) is 30.5 Å². The lowest BCUT2D eigenvalue weighted by Gasteiger charge is -2.14. The van der Waals surface area contributed by atoms with E-state index in [2.05, 4.69) is 36.5 Å². The van der Waals surface area contributed by atoms with Crippen molar-refractivity contribution >= 4 is 17.3 Å². The minimum absolute atomic E-state index is 0.526. The number of hydrogen-bond acceptors (Lipinski definition) is 3. The van der Waals surface area contributed by atoms with Crippen LogP contribution in [0.2, 0.25) is 5.02 Å². The number of nitrogens with one attached hydrogen (secondary N) is 1. The Hall–Kier alpha value is -2.65. The van der Waals surface area contributed by atoms with E-state index in [0.29, 0.717) is 24.8 Å². The van der Waals surface area contributed by atoms with Gasteiger partial charge in [0.25, 0.3) is 0 Å². The Bertz CT molecular complexity index is 861. The van der Waals surface area contributed by atoms with E-state index in [0.717, 1.165) is 28.3 Å². The Labute approximate surface area is 165 Å². The lowest BCUT2D eigenvalue weighted by atomic mass is 10.1. The molecule has 0 aromatic heterocycles. The molecule has 0 atom stereocenters. The molecule has 27 heavy (non-hydrogen) atoms. The fourth-order valence-corrected chi connectivity index (χ4v) is 2.90. The number of halogens is 1. The zero-order valence-corrected chi connectivity index (χ0v) is 16.4. The van der Waals surface area contributed by atoms with Gasteiger partial charge in [-0.25, -0.2) is 0 Å². The molecule has 0 bridgehead atoms. The second-order valence-electron chi connectivity index (χ2n) is 6.34. The molecule has 0 saturated carbocycles. The van der Waals surface area contributed by atoms with Crippen molar-refractivity contribution in [3.05, 3.63) is 88.4 Å². The van der Waals surface area contributed by atoms with E-state index in [1.54, 1.807) is 0 Å². The standard InChI is InChI=1S/C23H24ClNO2/c1-3-26-22-11-9-21(10-12-22)25-15-19-14-20(24)8-13-23(19)27-16-18-6-4-17(2)5-7-18/h4-14,25H,3,15-16H2,1-2H3. The second kappa shape index (κ2) is 9.33. The predicted octanol–water partition coefficient (Wildman–Crippen LogP) is 6.24. The smallest absolute Gasteiger partial charge is 0.124 e. The summed E-state index contributed by atoms with van der Waals surface area (Å²) in [5, 5.41) is 4.10. The zero-order chi connectivity index (χ0) is 19.1. The lowest BCUT2D eigenvalue weighted by molar-refractivity contribution is 0.303. The summed E-state index contributed by atoms with van der Waals surface area (Å²) >= 11 is 6.19. The Morgan fingerprint density at radius 2 is 1.63 bits per heavy atom. The van der Waals surface area contributed by atoms with Gasteiger partial charge in [0.2, 0.25) is 0 Å². The van der Waals surface area contributed by atoms with Crippen molar-refractivity contribution in [2.75, 3.05) is 11.9 Å². The van der Waals surface area contributed by atoms with E-state index in [4.69, 9.17) is 21.1 Å². The Morgan fingerprint density at radius 3 is 2.33 bits per heavy atom. The fraction of sp³-hybridized carbons (Fsp3) is 0.217. The maximum atomic E-state index is 6.19. The average Bonchev–Trinajstić information content (AvgIpc) is 2.68. The quantitative estimate of drug-likeness (QED) is 0.501. The van der Waals surface area contributed by atoms with Gasteiger partial charge < -0.3 is 14.8 Å². The van der Waals surface area contributed by atoms with Crippen molar-refractivity contribution in [3.8, 4) is 11.5 Å². The molecule has 0 heterocycles. The largest absolute Gasteiger partial charge is 0.494 e. The minimum Gasteiger partial charge on any atom is -0.494 e. The summed E-state index contributed by atoms with van der Waals surface area (Å²) in [5.74, 6) is 1.70. The molecule has 1 N–H and O–H groups in total. The molecule has 0 saturated heterocycles. The molecule has 140 valence electrons. The van der Waals surface area contributed by atoms with Crippen molar-refractivity contribution < 1.29 is 9.47 Å². The van der Waals surface area contributed by atoms with Crippen molar-refractivity contribution in [2.45, 2.75) is 27.0 Å². The minimum atomic E-state index is 0.526. The van der Waals surface area contributed by atoms with Gasteiger partial charge in [-0.2, -0.15) is 0 Å². The Balaban J connectivity index is 1.65. The van der Waals surface area contributed by atoms with Crippen LogP contribution in [-0.4, -0.2) is 6.61 Å². The van der Waals surface area contributed by atoms with E-state index in [1.807, 2.05) is 49.4 Å². The van der Waals surface area contributed by atoms with Gasteiger partial charge in [-0.3, -0.25) is 0 Å². The van der Waals surface area contributed by atoms with Crippen LogP contribution >= 0.6 is 11.6 Å². The van der Waals surface area contributed by atoms with Crippen LogP contribution in [0.5, 0.6) is 11.5 Å². The highest BCUT2D eigenvalue weighted by molar-refractivity contribution is 6.30. The molecule has 0 spiro atoms. The molecule has 0 aliphatic rings. The molecule has 0 aliphatic heterocycles. The SMILES string of the molecule is CCOc1ccc(NCc2cc(Cl)ccc2OCc2ccc(C)cc2)cc1. The van der Waals surface area contributed by atoms with Crippen LogP contribution in [0.15, 0.2) is 66.7 Å². The predicted molar refractivity (Wildman–Crippen MR) is 112 cm³/mol. The molecule has 3 nitrogen and oxygen atoms in total. The summed E-state index contributed by atoms with van der Waals surface area (Å²) in [7, 11) is 0. The molecule has 0 aliphatic carbocycles. The number of rotatable bonds is 8. The van der Waals surface area contributed by atoms with Crippen molar-refractivity contribution in [3.63, 3.8) is 0 Å². The molecule has 3 aromatic rings. The van der Waals surface area contributed by atoms with E-state index in [-0.39, 0.29) is 0 Å². The summed E-state index contributed by atoms with van der Waals surface area (Å²) in [6.07, 6.45) is 0. The summed E-state index contributed by atoms with van der Waals surface area (Å²) in [4.78, 5) is 0. The maximum Gasteiger partial charge on any atom is 0.124 e. The Kier molecular flexibility index (Phi) is 6.61. The number of anilines is 1. The molecule has 0 unspecified atom stereocenters. The molecular weight excluding hydrogens is 358 g/mol. The van der Waals surface area contributed by atoms with Gasteiger partial charge in [0.1, 0.15) is 18.1 Å². The average molecular weight is 382 g/mol. The van der Waals surface area contributed by atoms with Crippen molar-refractivity contribution in [2.24, 2.45) is 0 Å². The Morgan fingerprint density at radius 1 is 0.889 bits per heavy atom. The summed E-state index contributed by atoms with van der Waals surface area (Å²) in [6, 6.07) is 22.0. The van der Waals surface area contributed by atoms with Gasteiger partial charge in [-0.15, -0.1) is 0 Å². The first-order chi connectivity index (χ1) is 13.1. The van der Waals surface area contributed by atoms with Crippen LogP contribution in [0.1, 0.15) is 23.6 Å². The summed E-state index contributed by atoms with van der Waals surface area (Å²) in [5.41, 5.74) is 4.41. The van der Waals surface area contributed by atoms with Gasteiger partial charge in [0.05, 0.1) is 6.61 Å². The third-order valence-corrected chi connectivity index (χ3v) is 4.42. The van der Waals surface area contributed by atoms with Crippen molar-refractivity contribution in [1.29, 1.82) is 0 Å². The fourth-order valence-electron chi connectivity index (χ4n) is 2.71. The normalized spacial score (nSPS) is 10.5. The van der Waals surface area contributed by atoms with E-state index >= 15 is 0 Å². The second-order valence-corrected chi connectivity index (χ2v) is 6.77. The zero-order valence-electron chi connectivity index (χ0n) is 15.7. The first-order valence-corrected chi connectivity index (χ1v) is 9.45. The molecule has 3 rings (SSSR count). The first-order valence-electron chi connectivity index (χ1n) is 9.07. The first kappa shape index (κ1) is 19.1. The van der Waals surface area contributed by atoms with Crippen LogP contribution in [-0.2, 0) is 13.2 Å². The lowest BCUT2D eigenvalue weighted by Crippen LogP contribution is -2.04. The maximum absolute atomic E-state index is 6.19. The van der Waals surface area contributed by atoms with Crippen molar-refractivity contribution in [1.82, 2.24) is 0 Å². The van der Waals surface area contributed by atoms with E-state index < -0.39 is 0 Å². The van der Waals surface area contributed by atoms with Gasteiger partial charge in [-0.1, -0.05) is 41.4 Å². The van der Waals surface area contributed by atoms with Crippen LogP contribution in [0, 0.1) is 6.92 Å². The number of aryl methyl sites for hydroxylation is 1. The van der Waals surface area contributed by atoms with E-state index in [9.17, 15) is 0 Å². The number of hydrogen-bond donors (Lipinski definition) is 1. The van der Waals surface area contributed by atoms with Crippen LogP contribution in [0.4, 0.5) is 5.69 Å². The molecule has 0 fully saturated rings. The highest BCUT2D eigenvalue weighted by Crippen LogP contribution is 2.25. The van der Waals surface area contributed by atoms with Gasteiger partial charge >= 0.3 is 0 Å². The van der Waals surface area contributed by atoms with Crippen LogP contribution in [0.3, 0.4) is 0 Å². The van der Waals surface area contributed by atoms with Gasteiger partial charge in [0, 0.05) is 22.8 Å². The van der Waals surface area contributed by atoms with Crippen LogP contribution in [0.25, 0.3) is 0 Å². The van der Waals surface area contributed by atoms with Gasteiger partial charge in [0.15, 0.2) is 0 Å². The number of ether oxygens (including phenoxy) is 2. The molecule has 0 amide bonds. The third-order valence-electron chi connectivity index (χ3n) is 4.19. The van der Waals surface area contributed by atoms with E-state index in [1.165, 1.54) is 5.56 Å². The molecule has 3 aromatic carbocycles. The summed E-state index contributed by atoms with van der Waals surface area (Å²) < 4.78 is 11.5. The monoisotopic (exact) mass is 381 g/mol. The third kappa shape index (κ3) is 5.66. The molecule has 4 heteroatoms. The number of benzene rings is 3.